The number of rotatable bonds is 3. The number of hydrogen-bond donors (Lipinski definition) is 3. The van der Waals surface area contributed by atoms with E-state index in [1.54, 1.807) is 12.1 Å². The normalized spacial score (nSPS) is 11.7. The first-order valence-electron chi connectivity index (χ1n) is 5.49. The second-order valence-corrected chi connectivity index (χ2v) is 5.17. The van der Waals surface area contributed by atoms with Gasteiger partial charge in [-0.2, -0.15) is 0 Å². The summed E-state index contributed by atoms with van der Waals surface area (Å²) in [4.78, 5) is 24.5. The van der Waals surface area contributed by atoms with Crippen LogP contribution >= 0.6 is 12.6 Å². The summed E-state index contributed by atoms with van der Waals surface area (Å²) in [5, 5.41) is 2.30. The zero-order chi connectivity index (χ0) is 13.3. The fraction of sp³-hybridized carbons (Fsp3) is 0.333. The Morgan fingerprint density at radius 2 is 2.22 bits per heavy atom. The molecule has 0 aliphatic carbocycles. The molecular weight excluding hydrogens is 252 g/mol. The molecule has 0 radical (unpaired) electrons. The Morgan fingerprint density at radius 1 is 1.50 bits per heavy atom. The summed E-state index contributed by atoms with van der Waals surface area (Å²) in [6.45, 7) is 4.43. The first-order chi connectivity index (χ1) is 8.38. The molecule has 0 aliphatic heterocycles. The first kappa shape index (κ1) is 12.8. The Morgan fingerprint density at radius 3 is 2.89 bits per heavy atom. The van der Waals surface area contributed by atoms with Crippen LogP contribution in [0.5, 0.6) is 0 Å². The molecule has 0 bridgehead atoms. The lowest BCUT2D eigenvalue weighted by Crippen LogP contribution is -2.34. The summed E-state index contributed by atoms with van der Waals surface area (Å²) in [5.74, 6) is -0.469. The molecule has 1 heterocycles. The van der Waals surface area contributed by atoms with Crippen molar-refractivity contribution >= 4 is 29.0 Å². The summed E-state index contributed by atoms with van der Waals surface area (Å²) in [7, 11) is 0. The van der Waals surface area contributed by atoms with E-state index in [9.17, 15) is 9.59 Å². The van der Waals surface area contributed by atoms with Crippen LogP contribution in [-0.2, 0) is 5.41 Å². The highest BCUT2D eigenvalue weighted by Gasteiger charge is 2.22. The second-order valence-electron chi connectivity index (χ2n) is 4.77. The molecular formula is C12H14N2O3S. The third-order valence-electron chi connectivity index (χ3n) is 2.88. The lowest BCUT2D eigenvalue weighted by molar-refractivity contribution is 0.259. The molecule has 1 aromatic carbocycles. The summed E-state index contributed by atoms with van der Waals surface area (Å²) in [6, 6.07) is 5.50. The highest BCUT2D eigenvalue weighted by molar-refractivity contribution is 7.96. The van der Waals surface area contributed by atoms with E-state index in [0.29, 0.717) is 17.6 Å². The van der Waals surface area contributed by atoms with Crippen molar-refractivity contribution in [3.8, 4) is 0 Å². The van der Waals surface area contributed by atoms with Crippen LogP contribution in [0.3, 0.4) is 0 Å². The number of H-pyrrole nitrogens is 1. The molecule has 6 heteroatoms. The van der Waals surface area contributed by atoms with Crippen LogP contribution in [0.2, 0.25) is 0 Å². The maximum atomic E-state index is 11.1. The van der Waals surface area contributed by atoms with Gasteiger partial charge in [0, 0.05) is 12.0 Å². The van der Waals surface area contributed by atoms with Crippen molar-refractivity contribution < 1.29 is 9.21 Å². The van der Waals surface area contributed by atoms with E-state index < -0.39 is 5.76 Å². The van der Waals surface area contributed by atoms with Crippen molar-refractivity contribution in [3.63, 3.8) is 0 Å². The standard InChI is InChI=1S/C12H14N2O3S/c1-12(2,6-13-11(16)18)7-3-4-8-9(5-7)17-10(15)14-8/h3-5H,6H2,1-2H3,(H,14,15)(H2,13,16,18). The van der Waals surface area contributed by atoms with Gasteiger partial charge in [0.15, 0.2) is 5.58 Å². The largest absolute Gasteiger partial charge is 0.417 e. The van der Waals surface area contributed by atoms with E-state index in [0.717, 1.165) is 5.56 Å². The monoisotopic (exact) mass is 266 g/mol. The van der Waals surface area contributed by atoms with Gasteiger partial charge < -0.3 is 9.73 Å². The molecule has 5 nitrogen and oxygen atoms in total. The number of hydrogen-bond acceptors (Lipinski definition) is 3. The minimum atomic E-state index is -0.469. The molecule has 96 valence electrons. The number of fused-ring (bicyclic) bond motifs is 1. The van der Waals surface area contributed by atoms with Gasteiger partial charge in [0.05, 0.1) is 5.52 Å². The predicted octanol–water partition coefficient (Wildman–Crippen LogP) is 2.04. The highest BCUT2D eigenvalue weighted by atomic mass is 32.1. The molecule has 0 atom stereocenters. The minimum absolute atomic E-state index is 0.275. The van der Waals surface area contributed by atoms with Gasteiger partial charge in [0.2, 0.25) is 0 Å². The van der Waals surface area contributed by atoms with Crippen molar-refractivity contribution in [2.24, 2.45) is 0 Å². The van der Waals surface area contributed by atoms with Crippen LogP contribution in [0, 0.1) is 0 Å². The molecule has 1 aromatic heterocycles. The van der Waals surface area contributed by atoms with Crippen LogP contribution in [0.15, 0.2) is 27.4 Å². The van der Waals surface area contributed by atoms with E-state index in [1.165, 1.54) is 0 Å². The maximum Gasteiger partial charge on any atom is 0.417 e. The number of carbonyl (C=O) groups is 1. The van der Waals surface area contributed by atoms with Gasteiger partial charge in [-0.05, 0) is 17.7 Å². The molecule has 0 unspecified atom stereocenters. The second kappa shape index (κ2) is 4.53. The zero-order valence-corrected chi connectivity index (χ0v) is 11.0. The Balaban J connectivity index is 2.34. The summed E-state index contributed by atoms with van der Waals surface area (Å²) >= 11 is 3.67. The Bertz CT molecular complexity index is 642. The summed E-state index contributed by atoms with van der Waals surface area (Å²) in [6.07, 6.45) is 0. The molecule has 18 heavy (non-hydrogen) atoms. The number of amides is 1. The molecule has 0 saturated heterocycles. The molecule has 2 rings (SSSR count). The number of oxazole rings is 1. The van der Waals surface area contributed by atoms with E-state index in [4.69, 9.17) is 4.42 Å². The number of aromatic nitrogens is 1. The van der Waals surface area contributed by atoms with Crippen LogP contribution in [0.1, 0.15) is 19.4 Å². The maximum absolute atomic E-state index is 11.1. The molecule has 2 aromatic rings. The first-order valence-corrected chi connectivity index (χ1v) is 5.93. The number of aromatic amines is 1. The third-order valence-corrected chi connectivity index (χ3v) is 3.04. The lowest BCUT2D eigenvalue weighted by atomic mass is 9.84. The summed E-state index contributed by atoms with van der Waals surface area (Å²) < 4.78 is 5.02. The van der Waals surface area contributed by atoms with Gasteiger partial charge in [-0.3, -0.25) is 9.78 Å². The molecule has 0 spiro atoms. The molecule has 1 amide bonds. The summed E-state index contributed by atoms with van der Waals surface area (Å²) in [5.41, 5.74) is 1.88. The molecule has 2 N–H and O–H groups in total. The van der Waals surface area contributed by atoms with Crippen LogP contribution < -0.4 is 11.1 Å². The van der Waals surface area contributed by atoms with E-state index >= 15 is 0 Å². The average molecular weight is 266 g/mol. The van der Waals surface area contributed by atoms with Gasteiger partial charge in [-0.25, -0.2) is 4.79 Å². The Hall–Kier alpha value is -1.69. The lowest BCUT2D eigenvalue weighted by Gasteiger charge is -2.25. The number of carbonyl (C=O) groups excluding carboxylic acids is 1. The highest BCUT2D eigenvalue weighted by Crippen LogP contribution is 2.25. The van der Waals surface area contributed by atoms with Crippen molar-refractivity contribution in [2.45, 2.75) is 19.3 Å². The average Bonchev–Trinajstić information content (AvgIpc) is 2.65. The predicted molar refractivity (Wildman–Crippen MR) is 72.2 cm³/mol. The quantitative estimate of drug-likeness (QED) is 0.744. The molecule has 0 saturated carbocycles. The fourth-order valence-electron chi connectivity index (χ4n) is 1.76. The van der Waals surface area contributed by atoms with Gasteiger partial charge in [-0.15, -0.1) is 0 Å². The van der Waals surface area contributed by atoms with E-state index in [-0.39, 0.29) is 10.7 Å². The van der Waals surface area contributed by atoms with Gasteiger partial charge in [0.1, 0.15) is 0 Å². The Labute approximate surface area is 109 Å². The number of benzene rings is 1. The smallest absolute Gasteiger partial charge is 0.408 e. The minimum Gasteiger partial charge on any atom is -0.408 e. The van der Waals surface area contributed by atoms with Crippen molar-refractivity contribution in [1.82, 2.24) is 10.3 Å². The molecule has 0 fully saturated rings. The van der Waals surface area contributed by atoms with Crippen LogP contribution in [0.4, 0.5) is 4.79 Å². The molecule has 0 aliphatic rings. The van der Waals surface area contributed by atoms with Gasteiger partial charge in [0.25, 0.3) is 5.24 Å². The number of nitrogens with one attached hydrogen (secondary N) is 2. The Kier molecular flexibility index (Phi) is 3.21. The van der Waals surface area contributed by atoms with Crippen molar-refractivity contribution in [2.75, 3.05) is 6.54 Å². The van der Waals surface area contributed by atoms with E-state index in [1.807, 2.05) is 19.9 Å². The van der Waals surface area contributed by atoms with Crippen LogP contribution in [0.25, 0.3) is 11.1 Å². The zero-order valence-electron chi connectivity index (χ0n) is 10.1. The van der Waals surface area contributed by atoms with E-state index in [2.05, 4.69) is 22.9 Å². The van der Waals surface area contributed by atoms with Crippen molar-refractivity contribution in [3.05, 3.63) is 34.3 Å². The van der Waals surface area contributed by atoms with Gasteiger partial charge >= 0.3 is 5.76 Å². The SMILES string of the molecule is CC(C)(CNC(=O)S)c1ccc2[nH]c(=O)oc2c1. The third kappa shape index (κ3) is 2.59. The van der Waals surface area contributed by atoms with Crippen LogP contribution in [-0.4, -0.2) is 16.8 Å². The van der Waals surface area contributed by atoms with Gasteiger partial charge in [-0.1, -0.05) is 32.5 Å². The number of thiol groups is 1. The fourth-order valence-corrected chi connectivity index (χ4v) is 1.84. The topological polar surface area (TPSA) is 75.1 Å². The van der Waals surface area contributed by atoms with Crippen molar-refractivity contribution in [1.29, 1.82) is 0 Å².